The zero-order chi connectivity index (χ0) is 24.3. The normalized spacial score (nSPS) is 14.3. The van der Waals surface area contributed by atoms with Crippen LogP contribution in [0.5, 0.6) is 5.75 Å². The van der Waals surface area contributed by atoms with Gasteiger partial charge in [-0.05, 0) is 46.2 Å². The van der Waals surface area contributed by atoms with Crippen LogP contribution in [0.3, 0.4) is 0 Å². The summed E-state index contributed by atoms with van der Waals surface area (Å²) in [5.41, 5.74) is 10.5. The van der Waals surface area contributed by atoms with E-state index in [9.17, 15) is 0 Å². The summed E-state index contributed by atoms with van der Waals surface area (Å²) < 4.78 is 29.2. The minimum absolute atomic E-state index is 0.140. The molecule has 1 saturated heterocycles. The van der Waals surface area contributed by atoms with E-state index >= 15 is 4.39 Å². The molecular formula is C26H35FN4O2. The average Bonchev–Trinajstić information content (AvgIpc) is 3.07. The summed E-state index contributed by atoms with van der Waals surface area (Å²) in [4.78, 5) is 6.81. The second kappa shape index (κ2) is 10.3. The molecule has 2 heterocycles. The van der Waals surface area contributed by atoms with Gasteiger partial charge in [0.2, 0.25) is 0 Å². The lowest BCUT2D eigenvalue weighted by atomic mass is 9.98. The molecule has 0 amide bonds. The van der Waals surface area contributed by atoms with Gasteiger partial charge in [-0.1, -0.05) is 19.2 Å². The van der Waals surface area contributed by atoms with E-state index in [0.29, 0.717) is 61.0 Å². The maximum atomic E-state index is 15.6. The van der Waals surface area contributed by atoms with Gasteiger partial charge in [-0.25, -0.2) is 9.37 Å². The molecule has 1 aromatic carbocycles. The highest BCUT2D eigenvalue weighted by molar-refractivity contribution is 5.71. The Kier molecular flexibility index (Phi) is 7.64. The Hall–Kier alpha value is -3.06. The van der Waals surface area contributed by atoms with E-state index in [4.69, 9.17) is 20.2 Å². The molecule has 1 aromatic heterocycles. The molecule has 3 rings (SSSR count). The van der Waals surface area contributed by atoms with Gasteiger partial charge < -0.3 is 24.7 Å². The highest BCUT2D eigenvalue weighted by Gasteiger charge is 2.26. The Bertz CT molecular complexity index is 1080. The smallest absolute Gasteiger partial charge is 0.139 e. The van der Waals surface area contributed by atoms with E-state index < -0.39 is 0 Å². The van der Waals surface area contributed by atoms with Crippen LogP contribution in [0, 0.1) is 19.7 Å². The summed E-state index contributed by atoms with van der Waals surface area (Å²) in [5, 5.41) is 0. The number of hydrogen-bond donors (Lipinski definition) is 1. The third kappa shape index (κ3) is 5.14. The molecule has 1 aliphatic heterocycles. The molecule has 0 aliphatic carbocycles. The predicted molar refractivity (Wildman–Crippen MR) is 132 cm³/mol. The highest BCUT2D eigenvalue weighted by atomic mass is 19.1. The van der Waals surface area contributed by atoms with E-state index in [-0.39, 0.29) is 11.9 Å². The average molecular weight is 455 g/mol. The monoisotopic (exact) mass is 454 g/mol. The van der Waals surface area contributed by atoms with Gasteiger partial charge >= 0.3 is 0 Å². The first-order valence-electron chi connectivity index (χ1n) is 11.3. The minimum atomic E-state index is -0.310. The zero-order valence-electron chi connectivity index (χ0n) is 20.4. The van der Waals surface area contributed by atoms with Crippen LogP contribution in [0.15, 0.2) is 25.3 Å². The van der Waals surface area contributed by atoms with Crippen molar-refractivity contribution >= 4 is 17.6 Å². The Labute approximate surface area is 196 Å². The van der Waals surface area contributed by atoms with Crippen molar-refractivity contribution in [3.8, 4) is 5.75 Å². The number of nitrogens with two attached hydrogens (primary N) is 1. The summed E-state index contributed by atoms with van der Waals surface area (Å²) in [7, 11) is 0. The SMILES string of the molecule is C=C(N)c1c(C)nc(Cc2cc(C)c(F)c(C(=C)N3CCOCC3)c2OC(C)C)n1/C=C\C. The maximum absolute atomic E-state index is 15.6. The van der Waals surface area contributed by atoms with Gasteiger partial charge in [0.05, 0.1) is 42.0 Å². The van der Waals surface area contributed by atoms with Crippen LogP contribution in [-0.2, 0) is 11.2 Å². The first-order valence-corrected chi connectivity index (χ1v) is 11.3. The number of imidazole rings is 1. The van der Waals surface area contributed by atoms with Crippen LogP contribution in [-0.4, -0.2) is 46.9 Å². The van der Waals surface area contributed by atoms with Crippen molar-refractivity contribution in [3.63, 3.8) is 0 Å². The summed E-state index contributed by atoms with van der Waals surface area (Å²) >= 11 is 0. The molecule has 2 aromatic rings. The number of morpholine rings is 1. The second-order valence-corrected chi connectivity index (χ2v) is 8.60. The Morgan fingerprint density at radius 2 is 1.97 bits per heavy atom. The molecule has 0 radical (unpaired) electrons. The molecule has 178 valence electrons. The van der Waals surface area contributed by atoms with Crippen LogP contribution < -0.4 is 10.5 Å². The lowest BCUT2D eigenvalue weighted by Gasteiger charge is -2.32. The van der Waals surface area contributed by atoms with Crippen molar-refractivity contribution < 1.29 is 13.9 Å². The fraction of sp³-hybridized carbons (Fsp3) is 0.423. The van der Waals surface area contributed by atoms with Crippen LogP contribution in [0.4, 0.5) is 4.39 Å². The Morgan fingerprint density at radius 1 is 1.30 bits per heavy atom. The number of aromatic nitrogens is 2. The van der Waals surface area contributed by atoms with Gasteiger partial charge in [-0.15, -0.1) is 0 Å². The number of ether oxygens (including phenoxy) is 2. The molecule has 2 N–H and O–H groups in total. The third-order valence-electron chi connectivity index (χ3n) is 5.62. The number of aryl methyl sites for hydroxylation is 2. The van der Waals surface area contributed by atoms with Crippen molar-refractivity contribution in [1.29, 1.82) is 0 Å². The summed E-state index contributed by atoms with van der Waals surface area (Å²) in [6.45, 7) is 20.1. The summed E-state index contributed by atoms with van der Waals surface area (Å²) in [6.07, 6.45) is 4.13. The van der Waals surface area contributed by atoms with Crippen LogP contribution in [0.2, 0.25) is 0 Å². The van der Waals surface area contributed by atoms with Gasteiger partial charge in [0.1, 0.15) is 17.4 Å². The Balaban J connectivity index is 2.16. The minimum Gasteiger partial charge on any atom is -0.490 e. The van der Waals surface area contributed by atoms with Gasteiger partial charge in [0.25, 0.3) is 0 Å². The van der Waals surface area contributed by atoms with Crippen molar-refractivity contribution in [2.45, 2.75) is 47.1 Å². The summed E-state index contributed by atoms with van der Waals surface area (Å²) in [5.74, 6) is 0.968. The van der Waals surface area contributed by atoms with Crippen LogP contribution in [0.1, 0.15) is 54.7 Å². The quantitative estimate of drug-likeness (QED) is 0.624. The third-order valence-corrected chi connectivity index (χ3v) is 5.62. The first kappa shape index (κ1) is 24.6. The van der Waals surface area contributed by atoms with Crippen molar-refractivity contribution in [2.24, 2.45) is 5.73 Å². The molecule has 0 unspecified atom stereocenters. The van der Waals surface area contributed by atoms with Gasteiger partial charge in [0, 0.05) is 37.0 Å². The second-order valence-electron chi connectivity index (χ2n) is 8.60. The van der Waals surface area contributed by atoms with E-state index in [2.05, 4.69) is 18.1 Å². The molecule has 7 heteroatoms. The van der Waals surface area contributed by atoms with Crippen molar-refractivity contribution in [1.82, 2.24) is 14.5 Å². The van der Waals surface area contributed by atoms with E-state index in [1.807, 2.05) is 50.6 Å². The lowest BCUT2D eigenvalue weighted by Crippen LogP contribution is -2.35. The number of rotatable bonds is 8. The number of benzene rings is 1. The lowest BCUT2D eigenvalue weighted by molar-refractivity contribution is 0.0638. The van der Waals surface area contributed by atoms with E-state index in [1.54, 1.807) is 6.92 Å². The number of nitrogens with zero attached hydrogens (tertiary/aromatic N) is 3. The molecule has 0 spiro atoms. The summed E-state index contributed by atoms with van der Waals surface area (Å²) in [6, 6.07) is 1.84. The standard InChI is InChI=1S/C26H35FN4O2/c1-8-9-31-22(29-19(6)25(31)18(5)28)15-21-14-17(4)24(27)23(26(21)33-16(2)3)20(7)30-10-12-32-13-11-30/h8-9,14,16H,5,7,10-13,15,28H2,1-4,6H3/b9-8-. The molecular weight excluding hydrogens is 419 g/mol. The topological polar surface area (TPSA) is 65.5 Å². The molecule has 6 nitrogen and oxygen atoms in total. The molecule has 0 bridgehead atoms. The number of halogens is 1. The van der Waals surface area contributed by atoms with E-state index in [0.717, 1.165) is 22.8 Å². The fourth-order valence-electron chi connectivity index (χ4n) is 4.19. The van der Waals surface area contributed by atoms with Gasteiger partial charge in [0.15, 0.2) is 0 Å². The number of allylic oxidation sites excluding steroid dienone is 1. The highest BCUT2D eigenvalue weighted by Crippen LogP contribution is 2.37. The molecule has 1 fully saturated rings. The zero-order valence-corrected chi connectivity index (χ0v) is 20.4. The molecule has 33 heavy (non-hydrogen) atoms. The largest absolute Gasteiger partial charge is 0.490 e. The van der Waals surface area contributed by atoms with Gasteiger partial charge in [-0.3, -0.25) is 0 Å². The van der Waals surface area contributed by atoms with Crippen molar-refractivity contribution in [2.75, 3.05) is 26.3 Å². The van der Waals surface area contributed by atoms with Crippen LogP contribution >= 0.6 is 0 Å². The van der Waals surface area contributed by atoms with Crippen molar-refractivity contribution in [3.05, 3.63) is 65.0 Å². The molecule has 0 saturated carbocycles. The van der Waals surface area contributed by atoms with Crippen LogP contribution in [0.25, 0.3) is 17.6 Å². The molecule has 1 aliphatic rings. The predicted octanol–water partition coefficient (Wildman–Crippen LogP) is 4.74. The maximum Gasteiger partial charge on any atom is 0.139 e. The number of hydrogen-bond acceptors (Lipinski definition) is 5. The van der Waals surface area contributed by atoms with E-state index in [1.165, 1.54) is 0 Å². The fourth-order valence-corrected chi connectivity index (χ4v) is 4.19. The Morgan fingerprint density at radius 3 is 2.55 bits per heavy atom. The first-order chi connectivity index (χ1) is 15.6. The van der Waals surface area contributed by atoms with Gasteiger partial charge in [-0.2, -0.15) is 0 Å². The molecule has 0 atom stereocenters.